The van der Waals surface area contributed by atoms with Crippen LogP contribution in [0.2, 0.25) is 0 Å². The summed E-state index contributed by atoms with van der Waals surface area (Å²) in [6.45, 7) is 2.24. The van der Waals surface area contributed by atoms with Crippen LogP contribution in [-0.4, -0.2) is 0 Å². The van der Waals surface area contributed by atoms with Crippen LogP contribution in [0, 0.1) is 30.6 Å². The SMILES string of the molecule is Cc1ccc2c(c1)C(c1ccccc1)(c1ccccc1)c1cc(N(c3ccc(-c4ccccc4-c4ccc(C5CCCCC5)cc4)cc3)c3ccc(C4C5CC6CC(C5)CC4C6)cc3)ccc1-2. The molecule has 0 atom stereocenters. The van der Waals surface area contributed by atoms with Crippen molar-refractivity contribution < 1.29 is 0 Å². The molecule has 8 aromatic carbocycles. The minimum absolute atomic E-state index is 0.480. The molecule has 8 aromatic rings. The van der Waals surface area contributed by atoms with Crippen LogP contribution < -0.4 is 4.90 Å². The number of anilines is 3. The highest BCUT2D eigenvalue weighted by Crippen LogP contribution is 2.61. The maximum Gasteiger partial charge on any atom is 0.0714 e. The second kappa shape index (κ2) is 16.7. The molecule has 0 aliphatic heterocycles. The number of benzene rings is 8. The number of rotatable bonds is 9. The highest BCUT2D eigenvalue weighted by atomic mass is 15.1. The second-order valence-corrected chi connectivity index (χ2v) is 21.2. The van der Waals surface area contributed by atoms with Gasteiger partial charge in [-0.2, -0.15) is 0 Å². The minimum atomic E-state index is -0.480. The third kappa shape index (κ3) is 6.95. The molecule has 0 heterocycles. The van der Waals surface area contributed by atoms with Crippen LogP contribution in [0.4, 0.5) is 17.1 Å². The number of hydrogen-bond donors (Lipinski definition) is 0. The molecule has 330 valence electrons. The Labute approximate surface area is 398 Å². The van der Waals surface area contributed by atoms with Gasteiger partial charge in [-0.05, 0) is 191 Å². The summed E-state index contributed by atoms with van der Waals surface area (Å²) >= 11 is 0. The fourth-order valence-electron chi connectivity index (χ4n) is 14.6. The van der Waals surface area contributed by atoms with E-state index in [0.717, 1.165) is 29.4 Å². The van der Waals surface area contributed by atoms with Gasteiger partial charge in [-0.15, -0.1) is 0 Å². The van der Waals surface area contributed by atoms with Crippen molar-refractivity contribution in [2.45, 2.75) is 88.4 Å². The summed E-state index contributed by atoms with van der Waals surface area (Å²) in [4.78, 5) is 2.52. The lowest BCUT2D eigenvalue weighted by atomic mass is 9.51. The lowest BCUT2D eigenvalue weighted by molar-refractivity contribution is -0.00277. The van der Waals surface area contributed by atoms with E-state index in [2.05, 4.69) is 206 Å². The summed E-state index contributed by atoms with van der Waals surface area (Å²) in [5.41, 5.74) is 20.4. The Balaban J connectivity index is 0.930. The maximum absolute atomic E-state index is 2.52. The third-order valence-corrected chi connectivity index (χ3v) is 17.4. The predicted octanol–water partition coefficient (Wildman–Crippen LogP) is 17.7. The fraction of sp³-hybridized carbons (Fsp3) is 0.273. The average molecular weight is 868 g/mol. The topological polar surface area (TPSA) is 3.24 Å². The molecule has 14 rings (SSSR count). The zero-order chi connectivity index (χ0) is 44.5. The Morgan fingerprint density at radius 2 is 0.881 bits per heavy atom. The van der Waals surface area contributed by atoms with E-state index < -0.39 is 5.41 Å². The first-order chi connectivity index (χ1) is 33.1. The summed E-state index contributed by atoms with van der Waals surface area (Å²) in [6, 6.07) is 74.7. The molecule has 5 fully saturated rings. The summed E-state index contributed by atoms with van der Waals surface area (Å²) in [6.07, 6.45) is 14.0. The van der Waals surface area contributed by atoms with E-state index in [1.165, 1.54) is 142 Å². The highest BCUT2D eigenvalue weighted by Gasteiger charge is 2.49. The van der Waals surface area contributed by atoms with Crippen molar-refractivity contribution in [2.75, 3.05) is 4.90 Å². The van der Waals surface area contributed by atoms with Crippen LogP contribution in [0.1, 0.15) is 115 Å². The standard InChI is InChI=1S/C66H61N/c1-44-21-35-61-62-36-34-58(43-64(62)66(63(61)37-44,54-15-7-3-8-16-54)55-17-9-4-10-18-55)67(57-32-28-51(29-33-57)65-52-39-45-38-46(41-52)42-53(65)40-45)56-30-26-50(27-31-56)60-20-12-11-19-59(60)49-24-22-48(23-25-49)47-13-5-2-6-14-47/h3-4,7-12,15-37,43,45-47,52-53,65H,2,5-6,13-14,38-42H2,1H3. The van der Waals surface area contributed by atoms with E-state index in [-0.39, 0.29) is 0 Å². The molecule has 0 unspecified atom stereocenters. The van der Waals surface area contributed by atoms with Gasteiger partial charge in [0.25, 0.3) is 0 Å². The Morgan fingerprint density at radius 3 is 1.46 bits per heavy atom. The molecular weight excluding hydrogens is 807 g/mol. The number of hydrogen-bond acceptors (Lipinski definition) is 1. The molecule has 0 aromatic heterocycles. The lowest BCUT2D eigenvalue weighted by Gasteiger charge is -2.54. The first-order valence-corrected chi connectivity index (χ1v) is 25.7. The number of nitrogens with zero attached hydrogens (tertiary/aromatic N) is 1. The molecular formula is C66H61N. The third-order valence-electron chi connectivity index (χ3n) is 17.4. The second-order valence-electron chi connectivity index (χ2n) is 21.2. The van der Waals surface area contributed by atoms with Gasteiger partial charge in [-0.1, -0.05) is 183 Å². The molecule has 0 spiro atoms. The number of aryl methyl sites for hydroxylation is 1. The maximum atomic E-state index is 2.52. The molecule has 0 N–H and O–H groups in total. The van der Waals surface area contributed by atoms with Crippen molar-refractivity contribution in [3.05, 3.63) is 233 Å². The van der Waals surface area contributed by atoms with Crippen molar-refractivity contribution >= 4 is 17.1 Å². The first-order valence-electron chi connectivity index (χ1n) is 25.7. The van der Waals surface area contributed by atoms with Gasteiger partial charge < -0.3 is 4.90 Å². The van der Waals surface area contributed by atoms with Crippen molar-refractivity contribution in [3.63, 3.8) is 0 Å². The molecule has 4 bridgehead atoms. The first kappa shape index (κ1) is 40.8. The van der Waals surface area contributed by atoms with Gasteiger partial charge in [0.2, 0.25) is 0 Å². The molecule has 6 aliphatic carbocycles. The summed E-state index contributed by atoms with van der Waals surface area (Å²) in [7, 11) is 0. The molecule has 1 nitrogen and oxygen atoms in total. The van der Waals surface area contributed by atoms with Gasteiger partial charge in [0.1, 0.15) is 0 Å². The van der Waals surface area contributed by atoms with E-state index in [4.69, 9.17) is 0 Å². The quantitative estimate of drug-likeness (QED) is 0.140. The molecule has 5 saturated carbocycles. The summed E-state index contributed by atoms with van der Waals surface area (Å²) in [5.74, 6) is 5.08. The molecule has 0 radical (unpaired) electrons. The predicted molar refractivity (Wildman–Crippen MR) is 280 cm³/mol. The van der Waals surface area contributed by atoms with Crippen molar-refractivity contribution in [2.24, 2.45) is 23.7 Å². The smallest absolute Gasteiger partial charge is 0.0714 e. The van der Waals surface area contributed by atoms with E-state index in [9.17, 15) is 0 Å². The van der Waals surface area contributed by atoms with Crippen LogP contribution in [0.15, 0.2) is 194 Å². The van der Waals surface area contributed by atoms with Crippen LogP contribution in [0.3, 0.4) is 0 Å². The van der Waals surface area contributed by atoms with Gasteiger partial charge in [0.15, 0.2) is 0 Å². The van der Waals surface area contributed by atoms with Gasteiger partial charge in [0.05, 0.1) is 5.41 Å². The van der Waals surface area contributed by atoms with E-state index in [1.54, 1.807) is 5.56 Å². The van der Waals surface area contributed by atoms with E-state index in [1.807, 2.05) is 0 Å². The van der Waals surface area contributed by atoms with Gasteiger partial charge in [-0.3, -0.25) is 0 Å². The Bertz CT molecular complexity index is 2980. The van der Waals surface area contributed by atoms with Crippen LogP contribution in [-0.2, 0) is 5.41 Å². The fourth-order valence-corrected chi connectivity index (χ4v) is 14.6. The normalized spacial score (nSPS) is 22.3. The molecule has 0 amide bonds. The largest absolute Gasteiger partial charge is 0.310 e. The highest BCUT2D eigenvalue weighted by molar-refractivity contribution is 5.90. The summed E-state index contributed by atoms with van der Waals surface area (Å²) in [5, 5.41) is 0. The Morgan fingerprint density at radius 1 is 0.403 bits per heavy atom. The zero-order valence-corrected chi connectivity index (χ0v) is 39.0. The van der Waals surface area contributed by atoms with Crippen molar-refractivity contribution in [1.29, 1.82) is 0 Å². The Hall–Kier alpha value is -6.44. The molecule has 1 heteroatoms. The van der Waals surface area contributed by atoms with Crippen molar-refractivity contribution in [1.82, 2.24) is 0 Å². The van der Waals surface area contributed by atoms with Gasteiger partial charge in [0, 0.05) is 17.1 Å². The zero-order valence-electron chi connectivity index (χ0n) is 39.0. The lowest BCUT2D eigenvalue weighted by Crippen LogP contribution is -2.43. The summed E-state index contributed by atoms with van der Waals surface area (Å²) < 4.78 is 0. The van der Waals surface area contributed by atoms with Crippen molar-refractivity contribution in [3.8, 4) is 33.4 Å². The van der Waals surface area contributed by atoms with Crippen LogP contribution >= 0.6 is 0 Å². The average Bonchev–Trinajstić information content (AvgIpc) is 3.67. The van der Waals surface area contributed by atoms with Crippen LogP contribution in [0.5, 0.6) is 0 Å². The molecule has 0 saturated heterocycles. The monoisotopic (exact) mass is 867 g/mol. The van der Waals surface area contributed by atoms with E-state index in [0.29, 0.717) is 11.8 Å². The number of fused-ring (bicyclic) bond motifs is 3. The van der Waals surface area contributed by atoms with E-state index >= 15 is 0 Å². The van der Waals surface area contributed by atoms with Crippen LogP contribution in [0.25, 0.3) is 33.4 Å². The van der Waals surface area contributed by atoms with Gasteiger partial charge in [-0.25, -0.2) is 0 Å². The molecule has 67 heavy (non-hydrogen) atoms. The minimum Gasteiger partial charge on any atom is -0.310 e. The Kier molecular flexibility index (Phi) is 10.2. The molecule has 6 aliphatic rings. The van der Waals surface area contributed by atoms with Gasteiger partial charge >= 0.3 is 0 Å².